The molecule has 106 valence electrons. The predicted octanol–water partition coefficient (Wildman–Crippen LogP) is 4.26. The molecular formula is C17H14BrNO2. The number of aryl methyl sites for hydroxylation is 1. The number of carbonyl (C=O) groups excluding carboxylic acids is 1. The predicted molar refractivity (Wildman–Crippen MR) is 84.6 cm³/mol. The van der Waals surface area contributed by atoms with E-state index in [1.807, 2.05) is 13.0 Å². The summed E-state index contributed by atoms with van der Waals surface area (Å²) in [5.74, 6) is -0.308. The van der Waals surface area contributed by atoms with E-state index in [0.29, 0.717) is 16.9 Å². The average molecular weight is 344 g/mol. The van der Waals surface area contributed by atoms with Crippen molar-refractivity contribution < 1.29 is 9.53 Å². The lowest BCUT2D eigenvalue weighted by atomic mass is 9.91. The molecule has 0 aliphatic heterocycles. The van der Waals surface area contributed by atoms with Crippen LogP contribution in [0.1, 0.15) is 27.4 Å². The largest absolute Gasteiger partial charge is 0.497 e. The van der Waals surface area contributed by atoms with E-state index in [4.69, 9.17) is 4.74 Å². The quantitative estimate of drug-likeness (QED) is 0.779. The molecule has 0 bridgehead atoms. The zero-order valence-electron chi connectivity index (χ0n) is 11.8. The summed E-state index contributed by atoms with van der Waals surface area (Å²) in [6.07, 6.45) is 0. The van der Waals surface area contributed by atoms with Gasteiger partial charge in [0.05, 0.1) is 13.2 Å². The van der Waals surface area contributed by atoms with E-state index in [1.54, 1.807) is 43.5 Å². The molecule has 3 nitrogen and oxygen atoms in total. The third-order valence-electron chi connectivity index (χ3n) is 3.28. The molecule has 0 amide bonds. The monoisotopic (exact) mass is 343 g/mol. The smallest absolute Gasteiger partial charge is 0.184 e. The molecule has 4 heteroatoms. The molecule has 0 radical (unpaired) electrons. The number of Topliss-reactive ketones (excluding diaryl/α,β-unsaturated/α-hetero) is 1. The highest BCUT2D eigenvalue weighted by atomic mass is 79.9. The van der Waals surface area contributed by atoms with Gasteiger partial charge in [-0.15, -0.1) is 0 Å². The summed E-state index contributed by atoms with van der Waals surface area (Å²) in [7, 11) is 1.58. The SMILES string of the molecule is COc1ccc(C(C#N)C(=O)c2ccc(Br)c(C)c2)cc1. The lowest BCUT2D eigenvalue weighted by Crippen LogP contribution is -2.11. The van der Waals surface area contributed by atoms with E-state index < -0.39 is 5.92 Å². The highest BCUT2D eigenvalue weighted by Gasteiger charge is 2.22. The summed E-state index contributed by atoms with van der Waals surface area (Å²) in [4.78, 5) is 12.5. The van der Waals surface area contributed by atoms with Crippen molar-refractivity contribution in [3.05, 3.63) is 63.6 Å². The summed E-state index contributed by atoms with van der Waals surface area (Å²) >= 11 is 3.40. The van der Waals surface area contributed by atoms with Crippen LogP contribution >= 0.6 is 15.9 Å². The molecule has 0 heterocycles. The van der Waals surface area contributed by atoms with E-state index in [1.165, 1.54) is 0 Å². The van der Waals surface area contributed by atoms with Crippen molar-refractivity contribution in [1.82, 2.24) is 0 Å². The summed E-state index contributed by atoms with van der Waals surface area (Å²) in [6, 6.07) is 14.4. The number of hydrogen-bond donors (Lipinski definition) is 0. The number of methoxy groups -OCH3 is 1. The number of rotatable bonds is 4. The third-order valence-corrected chi connectivity index (χ3v) is 4.17. The molecule has 0 aliphatic rings. The maximum absolute atomic E-state index is 12.5. The highest BCUT2D eigenvalue weighted by Crippen LogP contribution is 2.25. The van der Waals surface area contributed by atoms with Crippen molar-refractivity contribution in [1.29, 1.82) is 5.26 Å². The first-order valence-corrected chi connectivity index (χ1v) is 7.20. The summed E-state index contributed by atoms with van der Waals surface area (Å²) in [5, 5.41) is 9.35. The molecule has 2 aromatic carbocycles. The zero-order valence-corrected chi connectivity index (χ0v) is 13.3. The molecule has 0 N–H and O–H groups in total. The molecule has 0 spiro atoms. The summed E-state index contributed by atoms with van der Waals surface area (Å²) in [6.45, 7) is 1.91. The molecular weight excluding hydrogens is 330 g/mol. The Morgan fingerprint density at radius 2 is 1.90 bits per heavy atom. The molecule has 0 fully saturated rings. The first kappa shape index (κ1) is 15.3. The van der Waals surface area contributed by atoms with Crippen molar-refractivity contribution in [3.8, 4) is 11.8 Å². The second-order valence-electron chi connectivity index (χ2n) is 4.66. The van der Waals surface area contributed by atoms with Gasteiger partial charge in [0.2, 0.25) is 0 Å². The Labute approximate surface area is 132 Å². The number of halogens is 1. The lowest BCUT2D eigenvalue weighted by molar-refractivity contribution is 0.0978. The van der Waals surface area contributed by atoms with Crippen molar-refractivity contribution in [2.24, 2.45) is 0 Å². The summed E-state index contributed by atoms with van der Waals surface area (Å²) < 4.78 is 6.03. The normalized spacial score (nSPS) is 11.5. The van der Waals surface area contributed by atoms with Crippen LogP contribution in [0.25, 0.3) is 0 Å². The molecule has 0 aromatic heterocycles. The van der Waals surface area contributed by atoms with Crippen LogP contribution in [0, 0.1) is 18.3 Å². The molecule has 1 atom stereocenters. The van der Waals surface area contributed by atoms with Crippen LogP contribution in [0.4, 0.5) is 0 Å². The van der Waals surface area contributed by atoms with E-state index in [0.717, 1.165) is 10.0 Å². The van der Waals surface area contributed by atoms with E-state index in [2.05, 4.69) is 22.0 Å². The second-order valence-corrected chi connectivity index (χ2v) is 5.52. The Hall–Kier alpha value is -2.12. The van der Waals surface area contributed by atoms with Gasteiger partial charge < -0.3 is 4.74 Å². The van der Waals surface area contributed by atoms with Crippen LogP contribution in [0.3, 0.4) is 0 Å². The standard InChI is InChI=1S/C17H14BrNO2/c1-11-9-13(5-8-16(11)18)17(20)15(10-19)12-3-6-14(21-2)7-4-12/h3-9,15H,1-2H3. The maximum atomic E-state index is 12.5. The Kier molecular flexibility index (Phi) is 4.77. The first-order valence-electron chi connectivity index (χ1n) is 6.40. The van der Waals surface area contributed by atoms with E-state index in [-0.39, 0.29) is 5.78 Å². The van der Waals surface area contributed by atoms with Gasteiger partial charge in [-0.25, -0.2) is 0 Å². The van der Waals surface area contributed by atoms with Gasteiger partial charge in [0, 0.05) is 10.0 Å². The van der Waals surface area contributed by atoms with Crippen LogP contribution in [0.15, 0.2) is 46.9 Å². The van der Waals surface area contributed by atoms with Gasteiger partial charge in [-0.3, -0.25) is 4.79 Å². The number of ether oxygens (including phenoxy) is 1. The molecule has 2 rings (SSSR count). The Morgan fingerprint density at radius 3 is 2.43 bits per heavy atom. The molecule has 1 unspecified atom stereocenters. The van der Waals surface area contributed by atoms with Gasteiger partial charge >= 0.3 is 0 Å². The fourth-order valence-corrected chi connectivity index (χ4v) is 2.29. The van der Waals surface area contributed by atoms with Crippen molar-refractivity contribution in [2.45, 2.75) is 12.8 Å². The van der Waals surface area contributed by atoms with E-state index in [9.17, 15) is 10.1 Å². The van der Waals surface area contributed by atoms with Gasteiger partial charge in [0.15, 0.2) is 5.78 Å². The number of hydrogen-bond acceptors (Lipinski definition) is 3. The van der Waals surface area contributed by atoms with Crippen molar-refractivity contribution in [3.63, 3.8) is 0 Å². The van der Waals surface area contributed by atoms with Gasteiger partial charge in [-0.05, 0) is 42.3 Å². The minimum absolute atomic E-state index is 0.196. The Morgan fingerprint density at radius 1 is 1.24 bits per heavy atom. The number of nitriles is 1. The number of carbonyl (C=O) groups is 1. The average Bonchev–Trinajstić information content (AvgIpc) is 2.51. The fraction of sp³-hybridized carbons (Fsp3) is 0.176. The number of nitrogens with zero attached hydrogens (tertiary/aromatic N) is 1. The molecule has 0 aliphatic carbocycles. The van der Waals surface area contributed by atoms with Gasteiger partial charge in [0.25, 0.3) is 0 Å². The second kappa shape index (κ2) is 6.55. The molecule has 2 aromatic rings. The first-order chi connectivity index (χ1) is 10.1. The number of benzene rings is 2. The van der Waals surface area contributed by atoms with Crippen LogP contribution in [-0.2, 0) is 0 Å². The van der Waals surface area contributed by atoms with Gasteiger partial charge in [-0.1, -0.05) is 34.1 Å². The summed E-state index contributed by atoms with van der Waals surface area (Å²) in [5.41, 5.74) is 2.18. The van der Waals surface area contributed by atoms with E-state index >= 15 is 0 Å². The Balaban J connectivity index is 2.33. The van der Waals surface area contributed by atoms with Gasteiger partial charge in [0.1, 0.15) is 11.7 Å². The highest BCUT2D eigenvalue weighted by molar-refractivity contribution is 9.10. The van der Waals surface area contributed by atoms with Crippen molar-refractivity contribution in [2.75, 3.05) is 7.11 Å². The molecule has 0 saturated carbocycles. The number of ketones is 1. The Bertz CT molecular complexity index is 702. The third kappa shape index (κ3) is 3.32. The van der Waals surface area contributed by atoms with Crippen LogP contribution in [0.5, 0.6) is 5.75 Å². The lowest BCUT2D eigenvalue weighted by Gasteiger charge is -2.10. The zero-order chi connectivity index (χ0) is 15.4. The van der Waals surface area contributed by atoms with Crippen LogP contribution < -0.4 is 4.74 Å². The minimum atomic E-state index is -0.809. The van der Waals surface area contributed by atoms with Crippen LogP contribution in [-0.4, -0.2) is 12.9 Å². The topological polar surface area (TPSA) is 50.1 Å². The molecule has 21 heavy (non-hydrogen) atoms. The van der Waals surface area contributed by atoms with Crippen LogP contribution in [0.2, 0.25) is 0 Å². The van der Waals surface area contributed by atoms with Crippen molar-refractivity contribution >= 4 is 21.7 Å². The fourth-order valence-electron chi connectivity index (χ4n) is 2.05. The minimum Gasteiger partial charge on any atom is -0.497 e. The molecule has 0 saturated heterocycles. The van der Waals surface area contributed by atoms with Gasteiger partial charge in [-0.2, -0.15) is 5.26 Å². The maximum Gasteiger partial charge on any atom is 0.184 e.